The lowest BCUT2D eigenvalue weighted by molar-refractivity contribution is -0.115. The van der Waals surface area contributed by atoms with Gasteiger partial charge >= 0.3 is 0 Å². The first-order valence-electron chi connectivity index (χ1n) is 10.6. The molecule has 0 bridgehead atoms. The standard InChI is InChI=1S/C26H24N2O5S/c1-16-7-9-22-19(15-33-24(22)11-16)14-25(29)27-20-8-10-23(17(2)12-20)28-26(30)18-5-4-6-21(13-18)34(3,31)32/h4-13,15H,14H2,1-3H3,(H,27,29)(H,28,30). The van der Waals surface area contributed by atoms with Crippen molar-refractivity contribution in [2.75, 3.05) is 16.9 Å². The number of amides is 2. The minimum absolute atomic E-state index is 0.0791. The van der Waals surface area contributed by atoms with Gasteiger partial charge in [0.1, 0.15) is 5.58 Å². The summed E-state index contributed by atoms with van der Waals surface area (Å²) in [6.45, 7) is 3.79. The molecule has 3 aromatic carbocycles. The van der Waals surface area contributed by atoms with E-state index in [4.69, 9.17) is 4.42 Å². The van der Waals surface area contributed by atoms with Gasteiger partial charge in [-0.25, -0.2) is 8.42 Å². The summed E-state index contributed by atoms with van der Waals surface area (Å²) in [4.78, 5) is 25.3. The molecule has 4 aromatic rings. The largest absolute Gasteiger partial charge is 0.464 e. The number of hydrogen-bond donors (Lipinski definition) is 2. The minimum atomic E-state index is -3.42. The van der Waals surface area contributed by atoms with Crippen LogP contribution in [0, 0.1) is 13.8 Å². The van der Waals surface area contributed by atoms with Gasteiger partial charge in [-0.2, -0.15) is 0 Å². The van der Waals surface area contributed by atoms with Crippen molar-refractivity contribution in [2.45, 2.75) is 25.2 Å². The Balaban J connectivity index is 1.43. The Hall–Kier alpha value is -3.91. The highest BCUT2D eigenvalue weighted by Gasteiger charge is 2.14. The van der Waals surface area contributed by atoms with Crippen LogP contribution < -0.4 is 10.6 Å². The van der Waals surface area contributed by atoms with Crippen LogP contribution in [0.25, 0.3) is 11.0 Å². The summed E-state index contributed by atoms with van der Waals surface area (Å²) in [6.07, 6.45) is 2.87. The summed E-state index contributed by atoms with van der Waals surface area (Å²) >= 11 is 0. The zero-order chi connectivity index (χ0) is 24.5. The lowest BCUT2D eigenvalue weighted by Crippen LogP contribution is -2.15. The molecule has 0 unspecified atom stereocenters. The Bertz CT molecular complexity index is 1520. The number of fused-ring (bicyclic) bond motifs is 1. The van der Waals surface area contributed by atoms with Crippen LogP contribution in [-0.4, -0.2) is 26.5 Å². The third-order valence-corrected chi connectivity index (χ3v) is 6.56. The zero-order valence-corrected chi connectivity index (χ0v) is 19.8. The molecule has 2 amide bonds. The van der Waals surface area contributed by atoms with E-state index >= 15 is 0 Å². The SMILES string of the molecule is Cc1ccc2c(CC(=O)Nc3ccc(NC(=O)c4cccc(S(C)(=O)=O)c4)c(C)c3)coc2c1. The number of anilines is 2. The molecule has 1 aromatic heterocycles. The lowest BCUT2D eigenvalue weighted by Gasteiger charge is -2.12. The monoisotopic (exact) mass is 476 g/mol. The van der Waals surface area contributed by atoms with Crippen molar-refractivity contribution < 1.29 is 22.4 Å². The number of carbonyl (C=O) groups is 2. The zero-order valence-electron chi connectivity index (χ0n) is 19.0. The molecule has 7 nitrogen and oxygen atoms in total. The molecule has 8 heteroatoms. The van der Waals surface area contributed by atoms with Crippen LogP contribution in [0.15, 0.2) is 76.2 Å². The topological polar surface area (TPSA) is 105 Å². The summed E-state index contributed by atoms with van der Waals surface area (Å²) in [7, 11) is -3.42. The molecule has 0 saturated heterocycles. The maximum Gasteiger partial charge on any atom is 0.255 e. The molecule has 0 aliphatic rings. The number of furan rings is 1. The summed E-state index contributed by atoms with van der Waals surface area (Å²) in [6, 6.07) is 16.9. The number of sulfone groups is 1. The minimum Gasteiger partial charge on any atom is -0.464 e. The summed E-state index contributed by atoms with van der Waals surface area (Å²) < 4.78 is 29.1. The first-order chi connectivity index (χ1) is 16.1. The Morgan fingerprint density at radius 2 is 1.74 bits per heavy atom. The van der Waals surface area contributed by atoms with E-state index in [-0.39, 0.29) is 22.8 Å². The van der Waals surface area contributed by atoms with Crippen LogP contribution in [0.3, 0.4) is 0 Å². The van der Waals surface area contributed by atoms with Crippen molar-refractivity contribution in [1.82, 2.24) is 0 Å². The normalized spacial score (nSPS) is 11.4. The Labute approximate surface area is 197 Å². The number of nitrogens with one attached hydrogen (secondary N) is 2. The fraction of sp³-hybridized carbons (Fsp3) is 0.154. The van der Waals surface area contributed by atoms with Crippen LogP contribution in [0.2, 0.25) is 0 Å². The highest BCUT2D eigenvalue weighted by atomic mass is 32.2. The maximum absolute atomic E-state index is 12.6. The second-order valence-electron chi connectivity index (χ2n) is 8.27. The average Bonchev–Trinajstić information content (AvgIpc) is 3.16. The summed E-state index contributed by atoms with van der Waals surface area (Å²) in [5, 5.41) is 6.57. The van der Waals surface area contributed by atoms with Gasteiger partial charge in [0.05, 0.1) is 17.6 Å². The molecule has 0 fully saturated rings. The molecule has 0 radical (unpaired) electrons. The van der Waals surface area contributed by atoms with Gasteiger partial charge in [-0.3, -0.25) is 9.59 Å². The van der Waals surface area contributed by atoms with Crippen LogP contribution in [-0.2, 0) is 21.1 Å². The highest BCUT2D eigenvalue weighted by Crippen LogP contribution is 2.24. The van der Waals surface area contributed by atoms with Gasteiger partial charge in [-0.1, -0.05) is 18.2 Å². The van der Waals surface area contributed by atoms with Crippen LogP contribution >= 0.6 is 0 Å². The van der Waals surface area contributed by atoms with E-state index < -0.39 is 15.7 Å². The Morgan fingerprint density at radius 1 is 0.941 bits per heavy atom. The second kappa shape index (κ2) is 9.15. The van der Waals surface area contributed by atoms with E-state index in [1.165, 1.54) is 18.2 Å². The first kappa shape index (κ1) is 23.3. The van der Waals surface area contributed by atoms with Gasteiger partial charge in [-0.15, -0.1) is 0 Å². The fourth-order valence-electron chi connectivity index (χ4n) is 3.65. The van der Waals surface area contributed by atoms with Crippen LogP contribution in [0.1, 0.15) is 27.0 Å². The van der Waals surface area contributed by atoms with E-state index in [1.807, 2.05) is 32.0 Å². The van der Waals surface area contributed by atoms with Crippen LogP contribution in [0.4, 0.5) is 11.4 Å². The highest BCUT2D eigenvalue weighted by molar-refractivity contribution is 7.90. The third-order valence-electron chi connectivity index (χ3n) is 5.44. The van der Waals surface area contributed by atoms with Gasteiger partial charge < -0.3 is 15.1 Å². The molecule has 0 spiro atoms. The predicted octanol–water partition coefficient (Wildman–Crippen LogP) is 4.89. The molecule has 174 valence electrons. The third kappa shape index (κ3) is 5.18. The molecule has 1 heterocycles. The molecular weight excluding hydrogens is 452 g/mol. The second-order valence-corrected chi connectivity index (χ2v) is 10.3. The Kier molecular flexibility index (Phi) is 6.26. The van der Waals surface area contributed by atoms with E-state index in [2.05, 4.69) is 10.6 Å². The van der Waals surface area contributed by atoms with Crippen LogP contribution in [0.5, 0.6) is 0 Å². The van der Waals surface area contributed by atoms with E-state index in [0.717, 1.165) is 33.9 Å². The fourth-order valence-corrected chi connectivity index (χ4v) is 4.32. The molecule has 0 aliphatic carbocycles. The number of hydrogen-bond acceptors (Lipinski definition) is 5. The molecule has 0 aliphatic heterocycles. The molecule has 2 N–H and O–H groups in total. The van der Waals surface area contributed by atoms with E-state index in [9.17, 15) is 18.0 Å². The maximum atomic E-state index is 12.6. The molecule has 34 heavy (non-hydrogen) atoms. The molecule has 0 atom stereocenters. The number of carbonyl (C=O) groups excluding carboxylic acids is 2. The van der Waals surface area contributed by atoms with Crippen molar-refractivity contribution in [3.05, 3.63) is 89.2 Å². The molecule has 4 rings (SSSR count). The van der Waals surface area contributed by atoms with Crippen molar-refractivity contribution in [2.24, 2.45) is 0 Å². The number of aryl methyl sites for hydroxylation is 2. The van der Waals surface area contributed by atoms with Crippen molar-refractivity contribution in [3.63, 3.8) is 0 Å². The van der Waals surface area contributed by atoms with Crippen molar-refractivity contribution in [3.8, 4) is 0 Å². The lowest BCUT2D eigenvalue weighted by atomic mass is 10.1. The van der Waals surface area contributed by atoms with E-state index in [1.54, 1.807) is 30.5 Å². The van der Waals surface area contributed by atoms with Crippen molar-refractivity contribution in [1.29, 1.82) is 0 Å². The summed E-state index contributed by atoms with van der Waals surface area (Å²) in [5.41, 5.74) is 4.79. The van der Waals surface area contributed by atoms with Gasteiger partial charge in [0.15, 0.2) is 9.84 Å². The number of benzene rings is 3. The smallest absolute Gasteiger partial charge is 0.255 e. The van der Waals surface area contributed by atoms with Gasteiger partial charge in [0.2, 0.25) is 5.91 Å². The molecule has 0 saturated carbocycles. The predicted molar refractivity (Wildman–Crippen MR) is 132 cm³/mol. The van der Waals surface area contributed by atoms with Gasteiger partial charge in [0.25, 0.3) is 5.91 Å². The Morgan fingerprint density at radius 3 is 2.47 bits per heavy atom. The average molecular weight is 477 g/mol. The van der Waals surface area contributed by atoms with Crippen molar-refractivity contribution >= 4 is 44.0 Å². The van der Waals surface area contributed by atoms with Gasteiger partial charge in [-0.05, 0) is 67.4 Å². The van der Waals surface area contributed by atoms with Gasteiger partial charge in [0, 0.05) is 34.1 Å². The summed E-state index contributed by atoms with van der Waals surface area (Å²) in [5.74, 6) is -0.607. The first-order valence-corrected chi connectivity index (χ1v) is 12.5. The number of rotatable bonds is 6. The molecular formula is C26H24N2O5S. The van der Waals surface area contributed by atoms with E-state index in [0.29, 0.717) is 11.4 Å². The quantitative estimate of drug-likeness (QED) is 0.412.